The number of carbonyl (C=O) groups is 2. The summed E-state index contributed by atoms with van der Waals surface area (Å²) in [7, 11) is 1.74. The Bertz CT molecular complexity index is 923. The Hall–Kier alpha value is -2.71. The predicted octanol–water partition coefficient (Wildman–Crippen LogP) is 3.07. The van der Waals surface area contributed by atoms with Gasteiger partial charge in [-0.15, -0.1) is 11.3 Å². The van der Waals surface area contributed by atoms with Crippen molar-refractivity contribution in [1.29, 1.82) is 0 Å². The average Bonchev–Trinajstić information content (AvgIpc) is 3.21. The highest BCUT2D eigenvalue weighted by atomic mass is 35.5. The number of hydrogen-bond donors (Lipinski definition) is 1. The quantitative estimate of drug-likeness (QED) is 0.654. The van der Waals surface area contributed by atoms with Crippen molar-refractivity contribution >= 4 is 39.9 Å². The van der Waals surface area contributed by atoms with E-state index in [2.05, 4.69) is 15.3 Å². The van der Waals surface area contributed by atoms with Crippen LogP contribution in [0, 0.1) is 0 Å². The predicted molar refractivity (Wildman–Crippen MR) is 98.2 cm³/mol. The number of nitrogens with zero attached hydrogens (tertiary/aromatic N) is 3. The van der Waals surface area contributed by atoms with Gasteiger partial charge < -0.3 is 9.30 Å². The fraction of sp³-hybridized carbons (Fsp3) is 0.176. The number of thiazole rings is 1. The molecule has 0 spiro atoms. The number of ether oxygens (including phenoxy) is 1. The Balaban J connectivity index is 1.52. The standard InChI is InChI=1S/C17H15ClN4O3S/c1-22-13(18)8-19-14(22)9-25-15(23)7-12-10-26-17(20-12)21-16(24)11-5-3-2-4-6-11/h2-6,8,10H,7,9H2,1H3,(H,20,21,24). The van der Waals surface area contributed by atoms with E-state index < -0.39 is 5.97 Å². The van der Waals surface area contributed by atoms with Crippen LogP contribution in [0.3, 0.4) is 0 Å². The van der Waals surface area contributed by atoms with Crippen LogP contribution in [-0.2, 0) is 29.6 Å². The van der Waals surface area contributed by atoms with Gasteiger partial charge in [-0.25, -0.2) is 9.97 Å². The van der Waals surface area contributed by atoms with Crippen molar-refractivity contribution in [2.45, 2.75) is 13.0 Å². The van der Waals surface area contributed by atoms with Crippen molar-refractivity contribution in [1.82, 2.24) is 14.5 Å². The van der Waals surface area contributed by atoms with E-state index in [0.29, 0.717) is 27.4 Å². The van der Waals surface area contributed by atoms with Crippen molar-refractivity contribution in [2.24, 2.45) is 7.05 Å². The van der Waals surface area contributed by atoms with Crippen molar-refractivity contribution < 1.29 is 14.3 Å². The lowest BCUT2D eigenvalue weighted by Gasteiger charge is -2.04. The maximum absolute atomic E-state index is 12.1. The number of esters is 1. The molecule has 0 fully saturated rings. The fourth-order valence-electron chi connectivity index (χ4n) is 2.11. The third kappa shape index (κ3) is 4.47. The molecule has 0 unspecified atom stereocenters. The van der Waals surface area contributed by atoms with Gasteiger partial charge in [0.2, 0.25) is 0 Å². The van der Waals surface area contributed by atoms with Gasteiger partial charge in [0, 0.05) is 18.0 Å². The first-order valence-electron chi connectivity index (χ1n) is 7.65. The summed E-state index contributed by atoms with van der Waals surface area (Å²) in [6, 6.07) is 8.83. The average molecular weight is 391 g/mol. The van der Waals surface area contributed by atoms with E-state index in [9.17, 15) is 9.59 Å². The van der Waals surface area contributed by atoms with E-state index in [0.717, 1.165) is 0 Å². The molecule has 7 nitrogen and oxygen atoms in total. The van der Waals surface area contributed by atoms with Crippen LogP contribution in [-0.4, -0.2) is 26.4 Å². The van der Waals surface area contributed by atoms with Crippen LogP contribution in [0.2, 0.25) is 5.15 Å². The molecule has 9 heteroatoms. The van der Waals surface area contributed by atoms with E-state index >= 15 is 0 Å². The SMILES string of the molecule is Cn1c(Cl)cnc1COC(=O)Cc1csc(NC(=O)c2ccccc2)n1. The van der Waals surface area contributed by atoms with Crippen LogP contribution in [0.15, 0.2) is 41.9 Å². The van der Waals surface area contributed by atoms with E-state index in [1.165, 1.54) is 17.5 Å². The second-order valence-corrected chi connectivity index (χ2v) is 6.60. The Morgan fingerprint density at radius 1 is 1.31 bits per heavy atom. The molecular weight excluding hydrogens is 376 g/mol. The maximum Gasteiger partial charge on any atom is 0.312 e. The van der Waals surface area contributed by atoms with E-state index in [-0.39, 0.29) is 18.9 Å². The summed E-state index contributed by atoms with van der Waals surface area (Å²) < 4.78 is 6.82. The summed E-state index contributed by atoms with van der Waals surface area (Å²) in [6.07, 6.45) is 1.50. The van der Waals surface area contributed by atoms with Crippen LogP contribution in [0.1, 0.15) is 21.9 Å². The van der Waals surface area contributed by atoms with E-state index in [1.54, 1.807) is 41.3 Å². The summed E-state index contributed by atoms with van der Waals surface area (Å²) in [6.45, 7) is 0.0315. The van der Waals surface area contributed by atoms with Crippen LogP contribution < -0.4 is 5.32 Å². The van der Waals surface area contributed by atoms with Gasteiger partial charge in [0.25, 0.3) is 5.91 Å². The number of aromatic nitrogens is 3. The molecule has 3 aromatic rings. The van der Waals surface area contributed by atoms with Crippen LogP contribution in [0.5, 0.6) is 0 Å². The molecular formula is C17H15ClN4O3S. The molecule has 2 heterocycles. The van der Waals surface area contributed by atoms with Crippen molar-refractivity contribution in [3.05, 3.63) is 64.1 Å². The van der Waals surface area contributed by atoms with Crippen molar-refractivity contribution in [3.63, 3.8) is 0 Å². The van der Waals surface area contributed by atoms with Crippen LogP contribution in [0.25, 0.3) is 0 Å². The summed E-state index contributed by atoms with van der Waals surface area (Å²) >= 11 is 7.13. The lowest BCUT2D eigenvalue weighted by molar-refractivity contribution is -0.144. The molecule has 1 aromatic carbocycles. The first-order valence-corrected chi connectivity index (χ1v) is 8.91. The van der Waals surface area contributed by atoms with Gasteiger partial charge in [-0.2, -0.15) is 0 Å². The smallest absolute Gasteiger partial charge is 0.312 e. The first-order chi connectivity index (χ1) is 12.5. The van der Waals surface area contributed by atoms with Gasteiger partial charge in [-0.1, -0.05) is 29.8 Å². The number of hydrogen-bond acceptors (Lipinski definition) is 6. The molecule has 0 radical (unpaired) electrons. The zero-order valence-corrected chi connectivity index (χ0v) is 15.4. The number of benzene rings is 1. The minimum atomic E-state index is -0.435. The highest BCUT2D eigenvalue weighted by Crippen LogP contribution is 2.17. The Labute approximate surface area is 158 Å². The van der Waals surface area contributed by atoms with Crippen molar-refractivity contribution in [2.75, 3.05) is 5.32 Å². The van der Waals surface area contributed by atoms with Gasteiger partial charge >= 0.3 is 5.97 Å². The Morgan fingerprint density at radius 2 is 2.08 bits per heavy atom. The third-order valence-electron chi connectivity index (χ3n) is 3.52. The minimum Gasteiger partial charge on any atom is -0.457 e. The first kappa shape index (κ1) is 18.1. The van der Waals surface area contributed by atoms with E-state index in [1.807, 2.05) is 6.07 Å². The largest absolute Gasteiger partial charge is 0.457 e. The molecule has 26 heavy (non-hydrogen) atoms. The molecule has 1 N–H and O–H groups in total. The van der Waals surface area contributed by atoms with Crippen LogP contribution >= 0.6 is 22.9 Å². The van der Waals surface area contributed by atoms with Gasteiger partial charge in [0.05, 0.1) is 18.3 Å². The molecule has 1 amide bonds. The number of nitrogens with one attached hydrogen (secondary N) is 1. The zero-order valence-electron chi connectivity index (χ0n) is 13.8. The highest BCUT2D eigenvalue weighted by Gasteiger charge is 2.13. The molecule has 134 valence electrons. The molecule has 3 rings (SSSR count). The zero-order chi connectivity index (χ0) is 18.5. The molecule has 0 saturated carbocycles. The van der Waals surface area contributed by atoms with Gasteiger partial charge in [0.15, 0.2) is 5.13 Å². The Kier molecular flexibility index (Phi) is 5.65. The number of anilines is 1. The summed E-state index contributed by atoms with van der Waals surface area (Å²) in [4.78, 5) is 32.3. The normalized spacial score (nSPS) is 10.5. The highest BCUT2D eigenvalue weighted by molar-refractivity contribution is 7.14. The van der Waals surface area contributed by atoms with Crippen molar-refractivity contribution in [3.8, 4) is 0 Å². The maximum atomic E-state index is 12.1. The minimum absolute atomic E-state index is 0.00978. The number of carbonyl (C=O) groups excluding carboxylic acids is 2. The van der Waals surface area contributed by atoms with Crippen LogP contribution in [0.4, 0.5) is 5.13 Å². The second kappa shape index (κ2) is 8.11. The molecule has 0 aliphatic heterocycles. The lowest BCUT2D eigenvalue weighted by atomic mass is 10.2. The van der Waals surface area contributed by atoms with E-state index in [4.69, 9.17) is 16.3 Å². The van der Waals surface area contributed by atoms with Gasteiger partial charge in [-0.05, 0) is 12.1 Å². The fourth-order valence-corrected chi connectivity index (χ4v) is 2.96. The summed E-state index contributed by atoms with van der Waals surface area (Å²) in [5.41, 5.74) is 1.07. The molecule has 0 aliphatic rings. The molecule has 0 aliphatic carbocycles. The number of halogens is 1. The monoisotopic (exact) mass is 390 g/mol. The van der Waals surface area contributed by atoms with Gasteiger partial charge in [0.1, 0.15) is 17.6 Å². The Morgan fingerprint density at radius 3 is 2.77 bits per heavy atom. The van der Waals surface area contributed by atoms with Gasteiger partial charge in [-0.3, -0.25) is 14.9 Å². The molecule has 0 bridgehead atoms. The lowest BCUT2D eigenvalue weighted by Crippen LogP contribution is -2.12. The summed E-state index contributed by atoms with van der Waals surface area (Å²) in [5.74, 6) is -0.131. The molecule has 0 saturated heterocycles. The summed E-state index contributed by atoms with van der Waals surface area (Å²) in [5, 5.41) is 5.31. The topological polar surface area (TPSA) is 86.1 Å². The molecule has 2 aromatic heterocycles. The number of amides is 1. The number of rotatable bonds is 6. The second-order valence-electron chi connectivity index (χ2n) is 5.36. The number of imidazole rings is 1. The molecule has 0 atom stereocenters. The third-order valence-corrected chi connectivity index (χ3v) is 4.68.